The summed E-state index contributed by atoms with van der Waals surface area (Å²) in [6.45, 7) is 20.2. The highest BCUT2D eigenvalue weighted by molar-refractivity contribution is 5.27. The van der Waals surface area contributed by atoms with Gasteiger partial charge in [0, 0.05) is 22.4 Å². The third-order valence-electron chi connectivity index (χ3n) is 3.61. The molecule has 0 aliphatic carbocycles. The number of nitrogens with zero attached hydrogens (tertiary/aromatic N) is 1. The average molecular weight is 250 g/mol. The molecule has 2 heteroatoms. The number of nitrogens with one attached hydrogen (secondary N) is 1. The first-order chi connectivity index (χ1) is 7.94. The van der Waals surface area contributed by atoms with Gasteiger partial charge in [-0.3, -0.25) is 0 Å². The maximum atomic E-state index is 4.90. The Bertz CT molecular complexity index is 400. The minimum absolute atomic E-state index is 0.0783. The van der Waals surface area contributed by atoms with Crippen molar-refractivity contribution in [1.82, 2.24) is 9.97 Å². The molecule has 0 radical (unpaired) electrons. The summed E-state index contributed by atoms with van der Waals surface area (Å²) in [6, 6.07) is 0. The lowest BCUT2D eigenvalue weighted by Crippen LogP contribution is -2.17. The van der Waals surface area contributed by atoms with Gasteiger partial charge in [-0.25, -0.2) is 4.98 Å². The number of hydrogen-bond acceptors (Lipinski definition) is 1. The van der Waals surface area contributed by atoms with Crippen molar-refractivity contribution >= 4 is 0 Å². The van der Waals surface area contributed by atoms with Crippen LogP contribution in [0.15, 0.2) is 0 Å². The standard InChI is InChI=1S/C16H30N2/c1-10(2)11(3)12-13(15(4,5)6)18-14(17-12)16(7,8)9/h10-11H,1-9H3,(H,17,18). The molecule has 2 nitrogen and oxygen atoms in total. The molecule has 0 spiro atoms. The molecule has 0 aromatic carbocycles. The first-order valence-corrected chi connectivity index (χ1v) is 7.05. The van der Waals surface area contributed by atoms with Crippen molar-refractivity contribution in [2.45, 2.75) is 79.1 Å². The summed E-state index contributed by atoms with van der Waals surface area (Å²) >= 11 is 0. The second kappa shape index (κ2) is 4.71. The summed E-state index contributed by atoms with van der Waals surface area (Å²) in [7, 11) is 0. The van der Waals surface area contributed by atoms with Crippen LogP contribution < -0.4 is 0 Å². The normalized spacial score (nSPS) is 15.2. The molecular formula is C16H30N2. The van der Waals surface area contributed by atoms with Crippen molar-refractivity contribution in [3.8, 4) is 0 Å². The van der Waals surface area contributed by atoms with Gasteiger partial charge in [0.05, 0.1) is 5.69 Å². The lowest BCUT2D eigenvalue weighted by Gasteiger charge is -2.22. The average Bonchev–Trinajstić information content (AvgIpc) is 2.58. The van der Waals surface area contributed by atoms with Gasteiger partial charge in [-0.2, -0.15) is 0 Å². The maximum absolute atomic E-state index is 4.90. The fourth-order valence-corrected chi connectivity index (χ4v) is 1.98. The van der Waals surface area contributed by atoms with Gasteiger partial charge < -0.3 is 4.98 Å². The molecule has 0 saturated carbocycles. The van der Waals surface area contributed by atoms with Crippen molar-refractivity contribution in [1.29, 1.82) is 0 Å². The Balaban J connectivity index is 3.35. The van der Waals surface area contributed by atoms with Crippen LogP contribution in [0.3, 0.4) is 0 Å². The number of imidazole rings is 1. The van der Waals surface area contributed by atoms with Gasteiger partial charge in [-0.05, 0) is 5.92 Å². The fourth-order valence-electron chi connectivity index (χ4n) is 1.98. The molecule has 1 aromatic heterocycles. The minimum atomic E-state index is 0.0783. The van der Waals surface area contributed by atoms with Gasteiger partial charge in [0.15, 0.2) is 0 Å². The van der Waals surface area contributed by atoms with E-state index in [1.54, 1.807) is 0 Å². The molecule has 18 heavy (non-hydrogen) atoms. The van der Waals surface area contributed by atoms with Crippen molar-refractivity contribution in [2.75, 3.05) is 0 Å². The van der Waals surface area contributed by atoms with Gasteiger partial charge >= 0.3 is 0 Å². The molecule has 104 valence electrons. The second-order valence-electron chi connectivity index (χ2n) is 7.88. The van der Waals surface area contributed by atoms with Crippen molar-refractivity contribution < 1.29 is 0 Å². The SMILES string of the molecule is CC(C)C(C)c1[nH]c(C(C)(C)C)nc1C(C)(C)C. The van der Waals surface area contributed by atoms with Gasteiger partial charge in [0.1, 0.15) is 5.82 Å². The Labute approximate surface area is 113 Å². The van der Waals surface area contributed by atoms with Crippen LogP contribution in [0.2, 0.25) is 0 Å². The van der Waals surface area contributed by atoms with E-state index < -0.39 is 0 Å². The highest BCUT2D eigenvalue weighted by Crippen LogP contribution is 2.34. The smallest absolute Gasteiger partial charge is 0.112 e. The summed E-state index contributed by atoms with van der Waals surface area (Å²) in [6.07, 6.45) is 0. The zero-order valence-corrected chi connectivity index (χ0v) is 13.6. The van der Waals surface area contributed by atoms with Gasteiger partial charge in [0.25, 0.3) is 0 Å². The lowest BCUT2D eigenvalue weighted by atomic mass is 9.84. The van der Waals surface area contributed by atoms with E-state index in [0.717, 1.165) is 5.82 Å². The summed E-state index contributed by atoms with van der Waals surface area (Å²) < 4.78 is 0. The van der Waals surface area contributed by atoms with E-state index in [1.165, 1.54) is 11.4 Å². The quantitative estimate of drug-likeness (QED) is 0.805. The van der Waals surface area contributed by atoms with E-state index in [0.29, 0.717) is 11.8 Å². The van der Waals surface area contributed by atoms with Crippen LogP contribution in [0.1, 0.15) is 85.4 Å². The number of hydrogen-bond donors (Lipinski definition) is 1. The third kappa shape index (κ3) is 3.15. The van der Waals surface area contributed by atoms with E-state index in [-0.39, 0.29) is 10.8 Å². The zero-order valence-electron chi connectivity index (χ0n) is 13.6. The van der Waals surface area contributed by atoms with E-state index in [4.69, 9.17) is 4.98 Å². The molecule has 0 aliphatic rings. The molecule has 1 rings (SSSR count). The maximum Gasteiger partial charge on any atom is 0.112 e. The van der Waals surface area contributed by atoms with Crippen molar-refractivity contribution in [3.05, 3.63) is 17.2 Å². The highest BCUT2D eigenvalue weighted by Gasteiger charge is 2.29. The predicted octanol–water partition coefficient (Wildman–Crippen LogP) is 4.76. The zero-order chi connectivity index (χ0) is 14.3. The Morgan fingerprint density at radius 2 is 1.39 bits per heavy atom. The lowest BCUT2D eigenvalue weighted by molar-refractivity contribution is 0.496. The second-order valence-corrected chi connectivity index (χ2v) is 7.88. The molecule has 0 bridgehead atoms. The van der Waals surface area contributed by atoms with Crippen LogP contribution in [-0.2, 0) is 10.8 Å². The van der Waals surface area contributed by atoms with E-state index >= 15 is 0 Å². The molecule has 0 fully saturated rings. The molecule has 1 N–H and O–H groups in total. The molecule has 0 amide bonds. The third-order valence-corrected chi connectivity index (χ3v) is 3.61. The van der Waals surface area contributed by atoms with Crippen LogP contribution in [0, 0.1) is 5.92 Å². The van der Waals surface area contributed by atoms with Crippen LogP contribution in [0.25, 0.3) is 0 Å². The number of rotatable bonds is 2. The Morgan fingerprint density at radius 3 is 1.72 bits per heavy atom. The predicted molar refractivity (Wildman–Crippen MR) is 79.2 cm³/mol. The molecule has 1 atom stereocenters. The van der Waals surface area contributed by atoms with Gasteiger partial charge in [-0.15, -0.1) is 0 Å². The first kappa shape index (κ1) is 15.3. The molecule has 1 aromatic rings. The topological polar surface area (TPSA) is 28.7 Å². The first-order valence-electron chi connectivity index (χ1n) is 7.05. The van der Waals surface area contributed by atoms with Gasteiger partial charge in [-0.1, -0.05) is 62.3 Å². The summed E-state index contributed by atoms with van der Waals surface area (Å²) in [5.74, 6) is 2.25. The van der Waals surface area contributed by atoms with Gasteiger partial charge in [0.2, 0.25) is 0 Å². The molecule has 0 saturated heterocycles. The summed E-state index contributed by atoms with van der Waals surface area (Å²) in [5, 5.41) is 0. The molecule has 1 heterocycles. The van der Waals surface area contributed by atoms with Crippen LogP contribution in [0.5, 0.6) is 0 Å². The minimum Gasteiger partial charge on any atom is -0.345 e. The van der Waals surface area contributed by atoms with Crippen molar-refractivity contribution in [2.24, 2.45) is 5.92 Å². The van der Waals surface area contributed by atoms with Crippen LogP contribution in [0.4, 0.5) is 0 Å². The largest absolute Gasteiger partial charge is 0.345 e. The number of aromatic nitrogens is 2. The summed E-state index contributed by atoms with van der Waals surface area (Å²) in [5.41, 5.74) is 2.73. The van der Waals surface area contributed by atoms with Crippen LogP contribution >= 0.6 is 0 Å². The number of aromatic amines is 1. The van der Waals surface area contributed by atoms with E-state index in [9.17, 15) is 0 Å². The molecular weight excluding hydrogens is 220 g/mol. The molecule has 0 aliphatic heterocycles. The van der Waals surface area contributed by atoms with E-state index in [1.807, 2.05) is 0 Å². The number of H-pyrrole nitrogens is 1. The Kier molecular flexibility index (Phi) is 4.00. The Hall–Kier alpha value is -0.790. The monoisotopic (exact) mass is 250 g/mol. The molecule has 1 unspecified atom stereocenters. The van der Waals surface area contributed by atoms with Crippen LogP contribution in [-0.4, -0.2) is 9.97 Å². The Morgan fingerprint density at radius 1 is 0.889 bits per heavy atom. The highest BCUT2D eigenvalue weighted by atomic mass is 15.0. The van der Waals surface area contributed by atoms with Crippen molar-refractivity contribution in [3.63, 3.8) is 0 Å². The van der Waals surface area contributed by atoms with E-state index in [2.05, 4.69) is 67.3 Å². The summed E-state index contributed by atoms with van der Waals surface area (Å²) in [4.78, 5) is 8.50. The fraction of sp³-hybridized carbons (Fsp3) is 0.812.